The van der Waals surface area contributed by atoms with E-state index >= 15 is 0 Å². The second-order valence-corrected chi connectivity index (χ2v) is 5.26. The zero-order valence-corrected chi connectivity index (χ0v) is 12.4. The molecule has 3 heteroatoms. The van der Waals surface area contributed by atoms with Crippen molar-refractivity contribution in [1.29, 1.82) is 0 Å². The van der Waals surface area contributed by atoms with E-state index in [1.54, 1.807) is 13.0 Å². The van der Waals surface area contributed by atoms with E-state index < -0.39 is 0 Å². The van der Waals surface area contributed by atoms with Crippen molar-refractivity contribution in [3.8, 4) is 0 Å². The van der Waals surface area contributed by atoms with Crippen LogP contribution in [0.15, 0.2) is 18.2 Å². The molecule has 106 valence electrons. The monoisotopic (exact) mass is 265 g/mol. The molecule has 0 heterocycles. The standard InChI is InChI=1S/C16H24FNO/c1-5-6-7-10-18(12(2)3)16(19)15-9-8-14(17)11-13(15)4/h8-9,11-12H,5-7,10H2,1-4H3. The molecule has 1 aromatic rings. The number of hydrogen-bond acceptors (Lipinski definition) is 1. The van der Waals surface area contributed by atoms with E-state index in [1.807, 2.05) is 18.7 Å². The van der Waals surface area contributed by atoms with Crippen LogP contribution in [0.3, 0.4) is 0 Å². The Balaban J connectivity index is 2.86. The Bertz CT molecular complexity index is 429. The van der Waals surface area contributed by atoms with Crippen LogP contribution >= 0.6 is 0 Å². The molecule has 0 saturated carbocycles. The number of carbonyl (C=O) groups is 1. The number of carbonyl (C=O) groups excluding carboxylic acids is 1. The van der Waals surface area contributed by atoms with Gasteiger partial charge in [0.15, 0.2) is 0 Å². The normalized spacial score (nSPS) is 10.8. The van der Waals surface area contributed by atoms with Gasteiger partial charge >= 0.3 is 0 Å². The van der Waals surface area contributed by atoms with Gasteiger partial charge in [-0.05, 0) is 51.0 Å². The Labute approximate surface area is 115 Å². The summed E-state index contributed by atoms with van der Waals surface area (Å²) in [7, 11) is 0. The fourth-order valence-electron chi connectivity index (χ4n) is 2.15. The number of halogens is 1. The van der Waals surface area contributed by atoms with E-state index in [9.17, 15) is 9.18 Å². The van der Waals surface area contributed by atoms with Crippen LogP contribution in [0.5, 0.6) is 0 Å². The van der Waals surface area contributed by atoms with Crippen molar-refractivity contribution < 1.29 is 9.18 Å². The summed E-state index contributed by atoms with van der Waals surface area (Å²) in [5.74, 6) is -0.292. The van der Waals surface area contributed by atoms with Gasteiger partial charge in [0.1, 0.15) is 5.82 Å². The summed E-state index contributed by atoms with van der Waals surface area (Å²) in [4.78, 5) is 14.4. The number of benzene rings is 1. The lowest BCUT2D eigenvalue weighted by Gasteiger charge is -2.27. The minimum atomic E-state index is -0.295. The quantitative estimate of drug-likeness (QED) is 0.707. The van der Waals surface area contributed by atoms with E-state index in [4.69, 9.17) is 0 Å². The lowest BCUT2D eigenvalue weighted by molar-refractivity contribution is 0.0701. The summed E-state index contributed by atoms with van der Waals surface area (Å²) in [5.41, 5.74) is 1.30. The SMILES string of the molecule is CCCCCN(C(=O)c1ccc(F)cc1C)C(C)C. The molecule has 0 aliphatic heterocycles. The first kappa shape index (κ1) is 15.7. The Morgan fingerprint density at radius 1 is 1.32 bits per heavy atom. The average Bonchev–Trinajstić information content (AvgIpc) is 2.33. The highest BCUT2D eigenvalue weighted by Crippen LogP contribution is 2.15. The molecule has 0 saturated heterocycles. The molecule has 0 radical (unpaired) electrons. The van der Waals surface area contributed by atoms with Crippen molar-refractivity contribution in [2.45, 2.75) is 53.0 Å². The third kappa shape index (κ3) is 4.34. The minimum absolute atomic E-state index is 0.00334. The molecule has 0 aromatic heterocycles. The second kappa shape index (κ2) is 7.27. The molecule has 1 aromatic carbocycles. The van der Waals surface area contributed by atoms with Gasteiger partial charge in [-0.15, -0.1) is 0 Å². The topological polar surface area (TPSA) is 20.3 Å². The Hall–Kier alpha value is -1.38. The van der Waals surface area contributed by atoms with Gasteiger partial charge in [0.2, 0.25) is 0 Å². The number of rotatable bonds is 6. The summed E-state index contributed by atoms with van der Waals surface area (Å²) in [6, 6.07) is 4.51. The first-order valence-corrected chi connectivity index (χ1v) is 7.04. The molecular formula is C16H24FNO. The van der Waals surface area contributed by atoms with Crippen LogP contribution in [0.4, 0.5) is 4.39 Å². The van der Waals surface area contributed by atoms with E-state index in [2.05, 4.69) is 6.92 Å². The van der Waals surface area contributed by atoms with Crippen LogP contribution in [0.1, 0.15) is 56.0 Å². The molecule has 1 rings (SSSR count). The largest absolute Gasteiger partial charge is 0.336 e. The molecule has 0 N–H and O–H groups in total. The van der Waals surface area contributed by atoms with Crippen molar-refractivity contribution in [3.05, 3.63) is 35.1 Å². The van der Waals surface area contributed by atoms with Crippen LogP contribution in [0.2, 0.25) is 0 Å². The first-order chi connectivity index (χ1) is 8.97. The van der Waals surface area contributed by atoms with E-state index in [-0.39, 0.29) is 17.8 Å². The van der Waals surface area contributed by atoms with E-state index in [0.29, 0.717) is 11.1 Å². The van der Waals surface area contributed by atoms with Gasteiger partial charge in [0, 0.05) is 18.2 Å². The number of nitrogens with zero attached hydrogens (tertiary/aromatic N) is 1. The van der Waals surface area contributed by atoms with Crippen LogP contribution in [-0.4, -0.2) is 23.4 Å². The summed E-state index contributed by atoms with van der Waals surface area (Å²) in [5, 5.41) is 0. The Morgan fingerprint density at radius 3 is 2.53 bits per heavy atom. The van der Waals surface area contributed by atoms with Crippen LogP contribution in [-0.2, 0) is 0 Å². The molecule has 2 nitrogen and oxygen atoms in total. The number of hydrogen-bond donors (Lipinski definition) is 0. The number of aryl methyl sites for hydroxylation is 1. The first-order valence-electron chi connectivity index (χ1n) is 7.04. The zero-order valence-electron chi connectivity index (χ0n) is 12.4. The fourth-order valence-corrected chi connectivity index (χ4v) is 2.15. The molecule has 19 heavy (non-hydrogen) atoms. The number of amides is 1. The predicted molar refractivity (Wildman–Crippen MR) is 76.8 cm³/mol. The Morgan fingerprint density at radius 2 is 2.00 bits per heavy atom. The number of unbranched alkanes of at least 4 members (excludes halogenated alkanes) is 2. The molecule has 1 amide bonds. The van der Waals surface area contributed by atoms with Crippen molar-refractivity contribution >= 4 is 5.91 Å². The van der Waals surface area contributed by atoms with Gasteiger partial charge in [-0.2, -0.15) is 0 Å². The van der Waals surface area contributed by atoms with Gasteiger partial charge < -0.3 is 4.90 Å². The highest BCUT2D eigenvalue weighted by Gasteiger charge is 2.19. The van der Waals surface area contributed by atoms with Gasteiger partial charge in [0.25, 0.3) is 5.91 Å². The van der Waals surface area contributed by atoms with Crippen LogP contribution in [0, 0.1) is 12.7 Å². The maximum absolute atomic E-state index is 13.1. The van der Waals surface area contributed by atoms with Crippen LogP contribution in [0.25, 0.3) is 0 Å². The second-order valence-electron chi connectivity index (χ2n) is 5.26. The van der Waals surface area contributed by atoms with Crippen molar-refractivity contribution in [1.82, 2.24) is 4.90 Å². The maximum atomic E-state index is 13.1. The highest BCUT2D eigenvalue weighted by molar-refractivity contribution is 5.95. The average molecular weight is 265 g/mol. The highest BCUT2D eigenvalue weighted by atomic mass is 19.1. The zero-order chi connectivity index (χ0) is 14.4. The fraction of sp³-hybridized carbons (Fsp3) is 0.562. The molecule has 0 bridgehead atoms. The maximum Gasteiger partial charge on any atom is 0.254 e. The third-order valence-electron chi connectivity index (χ3n) is 3.31. The summed E-state index contributed by atoms with van der Waals surface area (Å²) in [6.07, 6.45) is 3.27. The van der Waals surface area contributed by atoms with Crippen LogP contribution < -0.4 is 0 Å². The smallest absolute Gasteiger partial charge is 0.254 e. The molecule has 0 atom stereocenters. The van der Waals surface area contributed by atoms with E-state index in [1.165, 1.54) is 12.1 Å². The molecule has 0 fully saturated rings. The van der Waals surface area contributed by atoms with Gasteiger partial charge in [0.05, 0.1) is 0 Å². The molecule has 0 aliphatic carbocycles. The molecule has 0 aliphatic rings. The molecule has 0 unspecified atom stereocenters. The van der Waals surface area contributed by atoms with Crippen molar-refractivity contribution in [2.75, 3.05) is 6.54 Å². The predicted octanol–water partition coefficient (Wildman–Crippen LogP) is 4.17. The summed E-state index contributed by atoms with van der Waals surface area (Å²) in [6.45, 7) is 8.72. The molecule has 0 spiro atoms. The lowest BCUT2D eigenvalue weighted by atomic mass is 10.1. The van der Waals surface area contributed by atoms with Crippen molar-refractivity contribution in [2.24, 2.45) is 0 Å². The van der Waals surface area contributed by atoms with Gasteiger partial charge in [-0.3, -0.25) is 4.79 Å². The van der Waals surface area contributed by atoms with E-state index in [0.717, 1.165) is 25.8 Å². The third-order valence-corrected chi connectivity index (χ3v) is 3.31. The van der Waals surface area contributed by atoms with Crippen molar-refractivity contribution in [3.63, 3.8) is 0 Å². The summed E-state index contributed by atoms with van der Waals surface area (Å²) >= 11 is 0. The minimum Gasteiger partial charge on any atom is -0.336 e. The Kier molecular flexibility index (Phi) is 6.00. The lowest BCUT2D eigenvalue weighted by Crippen LogP contribution is -2.38. The molecular weight excluding hydrogens is 241 g/mol. The van der Waals surface area contributed by atoms with Gasteiger partial charge in [-0.25, -0.2) is 4.39 Å². The van der Waals surface area contributed by atoms with Gasteiger partial charge in [-0.1, -0.05) is 19.8 Å². The summed E-state index contributed by atoms with van der Waals surface area (Å²) < 4.78 is 13.1.